The van der Waals surface area contributed by atoms with Crippen LogP contribution in [0.25, 0.3) is 21.5 Å². The first-order valence-electron chi connectivity index (χ1n) is 11.8. The minimum Gasteiger partial charge on any atom is -0.389 e. The summed E-state index contributed by atoms with van der Waals surface area (Å²) >= 11 is 1.40. The number of piperazine rings is 1. The van der Waals surface area contributed by atoms with E-state index in [-0.39, 0.29) is 5.91 Å². The lowest BCUT2D eigenvalue weighted by molar-refractivity contribution is 0.0630. The molecule has 3 N–H and O–H groups in total. The van der Waals surface area contributed by atoms with Crippen LogP contribution in [0, 0.1) is 0 Å². The fourth-order valence-electron chi connectivity index (χ4n) is 4.34. The first kappa shape index (κ1) is 23.7. The number of likely N-dealkylation sites (N-methyl/N-ethyl adjacent to an activating group) is 1. The molecule has 35 heavy (non-hydrogen) atoms. The van der Waals surface area contributed by atoms with E-state index in [4.69, 9.17) is 4.98 Å². The number of aliphatic hydroxyl groups is 1. The van der Waals surface area contributed by atoms with Crippen molar-refractivity contribution in [3.05, 3.63) is 53.2 Å². The van der Waals surface area contributed by atoms with E-state index in [0.29, 0.717) is 17.4 Å². The maximum atomic E-state index is 13.1. The van der Waals surface area contributed by atoms with Crippen molar-refractivity contribution in [1.82, 2.24) is 29.5 Å². The Hall–Kier alpha value is -3.05. The van der Waals surface area contributed by atoms with E-state index in [2.05, 4.69) is 44.5 Å². The summed E-state index contributed by atoms with van der Waals surface area (Å²) in [5.41, 5.74) is 2.85. The zero-order valence-electron chi connectivity index (χ0n) is 20.3. The van der Waals surface area contributed by atoms with Crippen LogP contribution in [0.1, 0.15) is 29.1 Å². The van der Waals surface area contributed by atoms with Crippen molar-refractivity contribution >= 4 is 34.2 Å². The summed E-state index contributed by atoms with van der Waals surface area (Å²) in [5, 5.41) is 20.3. The highest BCUT2D eigenvalue weighted by Gasteiger charge is 2.22. The molecule has 10 heteroatoms. The van der Waals surface area contributed by atoms with Gasteiger partial charge in [0.05, 0.1) is 34.3 Å². The number of thiophene rings is 1. The zero-order chi connectivity index (χ0) is 24.6. The molecule has 0 atom stereocenters. The van der Waals surface area contributed by atoms with Crippen molar-refractivity contribution in [1.29, 1.82) is 0 Å². The SMILES string of the molecule is CN1CCN(Cc2ccc3c(c2)nc(NC(=O)c2ccc(-c4cn[nH]c4)s2)n3CC(C)(C)O)CC1. The maximum Gasteiger partial charge on any atom is 0.268 e. The molecule has 1 aliphatic rings. The number of aromatic amines is 1. The predicted octanol–water partition coefficient (Wildman–Crippen LogP) is 3.26. The van der Waals surface area contributed by atoms with Crippen LogP contribution in [0.2, 0.25) is 0 Å². The lowest BCUT2D eigenvalue weighted by atomic mass is 10.1. The molecule has 1 fully saturated rings. The quantitative estimate of drug-likeness (QED) is 0.365. The molecule has 0 spiro atoms. The second-order valence-corrected chi connectivity index (χ2v) is 10.9. The topological polar surface area (TPSA) is 102 Å². The van der Waals surface area contributed by atoms with E-state index in [1.54, 1.807) is 32.3 Å². The molecule has 1 saturated heterocycles. The molecule has 0 radical (unpaired) electrons. The Balaban J connectivity index is 1.40. The Morgan fingerprint density at radius 1 is 1.20 bits per heavy atom. The Morgan fingerprint density at radius 2 is 2.00 bits per heavy atom. The zero-order valence-corrected chi connectivity index (χ0v) is 21.1. The van der Waals surface area contributed by atoms with Crippen molar-refractivity contribution in [3.8, 4) is 10.4 Å². The summed E-state index contributed by atoms with van der Waals surface area (Å²) in [6.45, 7) is 8.92. The van der Waals surface area contributed by atoms with Gasteiger partial charge in [0.2, 0.25) is 5.95 Å². The predicted molar refractivity (Wildman–Crippen MR) is 139 cm³/mol. The molecule has 184 valence electrons. The molecule has 9 nitrogen and oxygen atoms in total. The summed E-state index contributed by atoms with van der Waals surface area (Å²) in [6.07, 6.45) is 3.53. The summed E-state index contributed by atoms with van der Waals surface area (Å²) in [6, 6.07) is 9.96. The smallest absolute Gasteiger partial charge is 0.268 e. The Bertz CT molecular complexity index is 1310. The summed E-state index contributed by atoms with van der Waals surface area (Å²) in [4.78, 5) is 24.2. The van der Waals surface area contributed by atoms with Gasteiger partial charge in [-0.3, -0.25) is 20.1 Å². The number of aromatic nitrogens is 4. The van der Waals surface area contributed by atoms with Gasteiger partial charge in [-0.05, 0) is 50.7 Å². The largest absolute Gasteiger partial charge is 0.389 e. The number of imidazole rings is 1. The Kier molecular flexibility index (Phi) is 6.45. The fraction of sp³-hybridized carbons (Fsp3) is 0.400. The number of carbonyl (C=O) groups excluding carboxylic acids is 1. The number of benzene rings is 1. The minimum atomic E-state index is -0.969. The van der Waals surface area contributed by atoms with E-state index < -0.39 is 5.60 Å². The number of hydrogen-bond acceptors (Lipinski definition) is 7. The summed E-state index contributed by atoms with van der Waals surface area (Å²) < 4.78 is 1.89. The van der Waals surface area contributed by atoms with Crippen molar-refractivity contribution in [3.63, 3.8) is 0 Å². The average molecular weight is 494 g/mol. The molecule has 5 rings (SSSR count). The van der Waals surface area contributed by atoms with Crippen molar-refractivity contribution in [2.24, 2.45) is 0 Å². The maximum absolute atomic E-state index is 13.1. The van der Waals surface area contributed by atoms with Crippen molar-refractivity contribution in [2.75, 3.05) is 38.5 Å². The molecule has 3 aromatic heterocycles. The number of nitrogens with zero attached hydrogens (tertiary/aromatic N) is 5. The molecular weight excluding hydrogens is 462 g/mol. The van der Waals surface area contributed by atoms with Crippen LogP contribution in [0.5, 0.6) is 0 Å². The van der Waals surface area contributed by atoms with E-state index in [9.17, 15) is 9.90 Å². The van der Waals surface area contributed by atoms with E-state index in [0.717, 1.165) is 54.2 Å². The second kappa shape index (κ2) is 9.54. The van der Waals surface area contributed by atoms with Gasteiger partial charge in [0.1, 0.15) is 0 Å². The van der Waals surface area contributed by atoms with E-state index >= 15 is 0 Å². The molecular formula is C25H31N7O2S. The van der Waals surface area contributed by atoms with Crippen LogP contribution in [0.4, 0.5) is 5.95 Å². The molecule has 0 bridgehead atoms. The third-order valence-corrected chi connectivity index (χ3v) is 7.33. The number of hydrogen-bond donors (Lipinski definition) is 3. The number of carbonyl (C=O) groups is 1. The lowest BCUT2D eigenvalue weighted by Crippen LogP contribution is -2.43. The number of amides is 1. The highest BCUT2D eigenvalue weighted by molar-refractivity contribution is 7.17. The second-order valence-electron chi connectivity index (χ2n) is 9.84. The van der Waals surface area contributed by atoms with Crippen LogP contribution in [-0.2, 0) is 13.1 Å². The molecule has 1 aliphatic heterocycles. The monoisotopic (exact) mass is 493 g/mol. The third kappa shape index (κ3) is 5.46. The Morgan fingerprint density at radius 3 is 2.71 bits per heavy atom. The highest BCUT2D eigenvalue weighted by atomic mass is 32.1. The van der Waals surface area contributed by atoms with Crippen LogP contribution in [0.15, 0.2) is 42.7 Å². The van der Waals surface area contributed by atoms with Gasteiger partial charge in [0, 0.05) is 49.4 Å². The molecule has 1 amide bonds. The van der Waals surface area contributed by atoms with Gasteiger partial charge in [0.25, 0.3) is 5.91 Å². The van der Waals surface area contributed by atoms with Gasteiger partial charge in [0.15, 0.2) is 0 Å². The molecule has 0 saturated carbocycles. The molecule has 1 aromatic carbocycles. The lowest BCUT2D eigenvalue weighted by Gasteiger charge is -2.32. The van der Waals surface area contributed by atoms with Gasteiger partial charge in [-0.25, -0.2) is 4.98 Å². The molecule has 4 aromatic rings. The van der Waals surface area contributed by atoms with Crippen LogP contribution in [-0.4, -0.2) is 79.4 Å². The number of H-pyrrole nitrogens is 1. The summed E-state index contributed by atoms with van der Waals surface area (Å²) in [7, 11) is 2.16. The van der Waals surface area contributed by atoms with Crippen LogP contribution < -0.4 is 5.32 Å². The van der Waals surface area contributed by atoms with Gasteiger partial charge in [-0.15, -0.1) is 11.3 Å². The van der Waals surface area contributed by atoms with Crippen LogP contribution >= 0.6 is 11.3 Å². The minimum absolute atomic E-state index is 0.227. The van der Waals surface area contributed by atoms with Gasteiger partial charge in [-0.2, -0.15) is 5.10 Å². The average Bonchev–Trinajstić information content (AvgIpc) is 3.55. The first-order valence-corrected chi connectivity index (χ1v) is 12.6. The third-order valence-electron chi connectivity index (χ3n) is 6.20. The van der Waals surface area contributed by atoms with Crippen molar-refractivity contribution in [2.45, 2.75) is 32.5 Å². The number of fused-ring (bicyclic) bond motifs is 1. The van der Waals surface area contributed by atoms with Crippen molar-refractivity contribution < 1.29 is 9.90 Å². The molecule has 0 unspecified atom stereocenters. The van der Waals surface area contributed by atoms with Gasteiger partial charge >= 0.3 is 0 Å². The van der Waals surface area contributed by atoms with Gasteiger partial charge in [-0.1, -0.05) is 6.07 Å². The molecule has 0 aliphatic carbocycles. The number of rotatable bonds is 7. The standard InChI is InChI=1S/C25H31N7O2S/c1-25(2,34)16-32-20-5-4-17(15-31-10-8-30(3)9-11-31)12-19(20)28-24(32)29-23(33)22-7-6-21(35-22)18-13-26-27-14-18/h4-7,12-14,34H,8-11,15-16H2,1-3H3,(H,26,27)(H,28,29,33). The highest BCUT2D eigenvalue weighted by Crippen LogP contribution is 2.29. The number of anilines is 1. The van der Waals surface area contributed by atoms with Gasteiger partial charge < -0.3 is 14.6 Å². The van der Waals surface area contributed by atoms with E-state index in [1.165, 1.54) is 16.9 Å². The Labute approximate surface area is 208 Å². The van der Waals surface area contributed by atoms with E-state index in [1.807, 2.05) is 16.7 Å². The summed E-state index contributed by atoms with van der Waals surface area (Å²) in [5.74, 6) is 0.205. The molecule has 4 heterocycles. The normalized spacial score (nSPS) is 15.7. The van der Waals surface area contributed by atoms with Crippen LogP contribution in [0.3, 0.4) is 0 Å². The number of nitrogens with one attached hydrogen (secondary N) is 2. The first-order chi connectivity index (χ1) is 16.7. The fourth-order valence-corrected chi connectivity index (χ4v) is 5.23.